The van der Waals surface area contributed by atoms with E-state index in [1.54, 1.807) is 0 Å². The zero-order chi connectivity index (χ0) is 10.4. The van der Waals surface area contributed by atoms with E-state index in [9.17, 15) is 4.79 Å². The number of hydrogen-bond donors (Lipinski definition) is 2. The van der Waals surface area contributed by atoms with E-state index in [-0.39, 0.29) is 30.6 Å². The highest BCUT2D eigenvalue weighted by Gasteiger charge is 2.17. The average molecular weight is 300 g/mol. The first-order valence-corrected chi connectivity index (χ1v) is 4.90. The second-order valence-electron chi connectivity index (χ2n) is 2.90. The molecule has 2 atom stereocenters. The van der Waals surface area contributed by atoms with Crippen LogP contribution in [-0.4, -0.2) is 48.9 Å². The number of carbonyl (C=O) groups is 1. The highest BCUT2D eigenvalue weighted by Crippen LogP contribution is 2.02. The Hall–Kier alpha value is 0.610. The number of thiol groups is 1. The summed E-state index contributed by atoms with van der Waals surface area (Å²) in [6.07, 6.45) is 0. The molecule has 1 unspecified atom stereocenters. The van der Waals surface area contributed by atoms with Gasteiger partial charge in [-0.25, -0.2) is 0 Å². The molecular formula is C7H17Cl3N2O2S. The fraction of sp³-hybridized carbons (Fsp3) is 0.857. The van der Waals surface area contributed by atoms with Gasteiger partial charge in [-0.3, -0.25) is 4.79 Å². The number of carbonyl (C=O) groups excluding carboxylic acids is 1. The van der Waals surface area contributed by atoms with E-state index in [1.165, 1.54) is 0 Å². The van der Waals surface area contributed by atoms with Crippen LogP contribution in [-0.2, 0) is 9.53 Å². The third-order valence-corrected chi connectivity index (χ3v) is 1.87. The average Bonchev–Trinajstić information content (AvgIpc) is 2.01. The number of nitrogens with zero attached hydrogens (tertiary/aromatic N) is 1. The minimum Gasteiger partial charge on any atom is -0.443 e. The third-order valence-electron chi connectivity index (χ3n) is 1.25. The molecule has 94 valence electrons. The van der Waals surface area contributed by atoms with Crippen molar-refractivity contribution in [3.63, 3.8) is 0 Å². The molecule has 15 heavy (non-hydrogen) atoms. The Kier molecular flexibility index (Phi) is 15.5. The summed E-state index contributed by atoms with van der Waals surface area (Å²) >= 11 is 9.57. The Bertz CT molecular complexity index is 174. The molecule has 0 aromatic rings. The van der Waals surface area contributed by atoms with Gasteiger partial charge in [0.15, 0.2) is 5.56 Å². The molecule has 0 spiro atoms. The normalized spacial score (nSPS) is 13.5. The number of hydrogen-bond acceptors (Lipinski definition) is 5. The van der Waals surface area contributed by atoms with E-state index in [0.717, 1.165) is 0 Å². The zero-order valence-electron chi connectivity index (χ0n) is 8.55. The molecule has 0 saturated heterocycles. The summed E-state index contributed by atoms with van der Waals surface area (Å²) in [5.41, 5.74) is 4.71. The van der Waals surface area contributed by atoms with E-state index >= 15 is 0 Å². The molecule has 0 amide bonds. The zero-order valence-corrected chi connectivity index (χ0v) is 11.8. The molecule has 4 nitrogen and oxygen atoms in total. The van der Waals surface area contributed by atoms with Gasteiger partial charge < -0.3 is 15.4 Å². The van der Waals surface area contributed by atoms with E-state index in [4.69, 9.17) is 22.1 Å². The number of halogens is 3. The molecule has 8 heteroatoms. The molecule has 0 radical (unpaired) electrons. The molecule has 0 aliphatic heterocycles. The minimum atomic E-state index is -0.702. The summed E-state index contributed by atoms with van der Waals surface area (Å²) in [7, 11) is 3.67. The molecular weight excluding hydrogens is 283 g/mol. The predicted octanol–water partition coefficient (Wildman–Crippen LogP) is 0.757. The highest BCUT2D eigenvalue weighted by atomic mass is 35.5. The smallest absolute Gasteiger partial charge is 0.325 e. The van der Waals surface area contributed by atoms with Crippen LogP contribution in [0.15, 0.2) is 0 Å². The summed E-state index contributed by atoms with van der Waals surface area (Å²) in [4.78, 5) is 12.9. The molecule has 0 aliphatic rings. The summed E-state index contributed by atoms with van der Waals surface area (Å²) in [6, 6.07) is -0.702. The first-order chi connectivity index (χ1) is 5.97. The first kappa shape index (κ1) is 21.0. The Labute approximate surface area is 113 Å². The van der Waals surface area contributed by atoms with Crippen LogP contribution >= 0.6 is 49.0 Å². The van der Waals surface area contributed by atoms with E-state index in [0.29, 0.717) is 6.54 Å². The Morgan fingerprint density at radius 3 is 2.33 bits per heavy atom. The number of nitrogens with two attached hydrogens (primary N) is 1. The van der Waals surface area contributed by atoms with Crippen molar-refractivity contribution in [1.29, 1.82) is 0 Å². The van der Waals surface area contributed by atoms with Crippen LogP contribution in [0.3, 0.4) is 0 Å². The van der Waals surface area contributed by atoms with Gasteiger partial charge in [0.2, 0.25) is 0 Å². The standard InChI is InChI=1S/C7H15ClN2O2S.2ClH/c1-10(2)3-6(8)12-7(11)5(9)4-13;;/h5-6,13H,3-4,9H2,1-2H3;2*1H/t5-,6?;;/m0../s1. The Morgan fingerprint density at radius 1 is 1.53 bits per heavy atom. The van der Waals surface area contributed by atoms with Gasteiger partial charge in [0.1, 0.15) is 6.04 Å². The van der Waals surface area contributed by atoms with Gasteiger partial charge >= 0.3 is 5.97 Å². The first-order valence-electron chi connectivity index (χ1n) is 3.83. The number of rotatable bonds is 5. The van der Waals surface area contributed by atoms with Crippen molar-refractivity contribution in [3.05, 3.63) is 0 Å². The summed E-state index contributed by atoms with van der Waals surface area (Å²) in [5, 5.41) is 0. The molecule has 0 aliphatic carbocycles. The van der Waals surface area contributed by atoms with Gasteiger partial charge in [-0.05, 0) is 14.1 Å². The maximum atomic E-state index is 11.1. The van der Waals surface area contributed by atoms with Crippen molar-refractivity contribution in [1.82, 2.24) is 4.90 Å². The number of likely N-dealkylation sites (N-methyl/N-ethyl adjacent to an activating group) is 1. The van der Waals surface area contributed by atoms with Crippen LogP contribution in [0.1, 0.15) is 0 Å². The van der Waals surface area contributed by atoms with Crippen molar-refractivity contribution >= 4 is 55.0 Å². The van der Waals surface area contributed by atoms with Crippen molar-refractivity contribution in [2.24, 2.45) is 5.73 Å². The van der Waals surface area contributed by atoms with Gasteiger partial charge in [-0.2, -0.15) is 12.6 Å². The quantitative estimate of drug-likeness (QED) is 0.447. The van der Waals surface area contributed by atoms with E-state index in [2.05, 4.69) is 12.6 Å². The lowest BCUT2D eigenvalue weighted by Crippen LogP contribution is -2.37. The van der Waals surface area contributed by atoms with Gasteiger partial charge in [0, 0.05) is 12.3 Å². The summed E-state index contributed by atoms with van der Waals surface area (Å²) in [6.45, 7) is 0.465. The fourth-order valence-electron chi connectivity index (χ4n) is 0.612. The molecule has 0 rings (SSSR count). The van der Waals surface area contributed by atoms with Crippen LogP contribution < -0.4 is 5.73 Å². The highest BCUT2D eigenvalue weighted by molar-refractivity contribution is 7.80. The molecule has 2 N–H and O–H groups in total. The van der Waals surface area contributed by atoms with Crippen molar-refractivity contribution < 1.29 is 9.53 Å². The van der Waals surface area contributed by atoms with E-state index < -0.39 is 17.6 Å². The van der Waals surface area contributed by atoms with Gasteiger partial charge in [0.05, 0.1) is 0 Å². The Morgan fingerprint density at radius 2 is 2.00 bits per heavy atom. The molecule has 0 saturated carbocycles. The molecule has 0 aromatic carbocycles. The maximum Gasteiger partial charge on any atom is 0.325 e. The monoisotopic (exact) mass is 298 g/mol. The van der Waals surface area contributed by atoms with Crippen LogP contribution in [0.4, 0.5) is 0 Å². The second-order valence-corrected chi connectivity index (χ2v) is 3.75. The predicted molar refractivity (Wildman–Crippen MR) is 70.6 cm³/mol. The van der Waals surface area contributed by atoms with Crippen LogP contribution in [0, 0.1) is 0 Å². The lowest BCUT2D eigenvalue weighted by molar-refractivity contribution is -0.146. The van der Waals surface area contributed by atoms with Crippen LogP contribution in [0.2, 0.25) is 0 Å². The largest absolute Gasteiger partial charge is 0.443 e. The van der Waals surface area contributed by atoms with Crippen molar-refractivity contribution in [3.8, 4) is 0 Å². The second kappa shape index (κ2) is 11.1. The number of ether oxygens (including phenoxy) is 1. The van der Waals surface area contributed by atoms with Gasteiger partial charge in [0.25, 0.3) is 0 Å². The lowest BCUT2D eigenvalue weighted by Gasteiger charge is -2.17. The molecule has 0 aromatic heterocycles. The topological polar surface area (TPSA) is 55.6 Å². The number of esters is 1. The van der Waals surface area contributed by atoms with Crippen LogP contribution in [0.5, 0.6) is 0 Å². The SMILES string of the molecule is CN(C)CC(Cl)OC(=O)[C@@H](N)CS.Cl.Cl. The van der Waals surface area contributed by atoms with E-state index in [1.807, 2.05) is 19.0 Å². The summed E-state index contributed by atoms with van der Waals surface area (Å²) in [5.74, 6) is -0.262. The molecule has 0 heterocycles. The van der Waals surface area contributed by atoms with Crippen LogP contribution in [0.25, 0.3) is 0 Å². The summed E-state index contributed by atoms with van der Waals surface area (Å²) < 4.78 is 4.82. The maximum absolute atomic E-state index is 11.1. The van der Waals surface area contributed by atoms with Crippen molar-refractivity contribution in [2.45, 2.75) is 11.6 Å². The van der Waals surface area contributed by atoms with Gasteiger partial charge in [-0.1, -0.05) is 11.6 Å². The van der Waals surface area contributed by atoms with Gasteiger partial charge in [-0.15, -0.1) is 24.8 Å². The third kappa shape index (κ3) is 10.9. The number of alkyl halides is 1. The van der Waals surface area contributed by atoms with Crippen molar-refractivity contribution in [2.75, 3.05) is 26.4 Å². The minimum absolute atomic E-state index is 0. The Balaban J connectivity index is -0.000000720. The lowest BCUT2D eigenvalue weighted by atomic mass is 10.4. The molecule has 0 bridgehead atoms. The molecule has 0 fully saturated rings. The fourth-order valence-corrected chi connectivity index (χ4v) is 1.13.